The molecule has 0 N–H and O–H groups in total. The van der Waals surface area contributed by atoms with Gasteiger partial charge in [-0.2, -0.15) is 0 Å². The van der Waals surface area contributed by atoms with Gasteiger partial charge in [0.05, 0.1) is 15.3 Å². The van der Waals surface area contributed by atoms with Crippen LogP contribution in [-0.4, -0.2) is 5.97 Å². The zero-order valence-corrected chi connectivity index (χ0v) is 17.3. The summed E-state index contributed by atoms with van der Waals surface area (Å²) in [5.41, 5.74) is 0.404. The van der Waals surface area contributed by atoms with E-state index in [0.717, 1.165) is 10.1 Å². The second-order valence-corrected chi connectivity index (χ2v) is 6.99. The number of carboxylic acid groups (broad SMARTS) is 1. The predicted octanol–water partition coefficient (Wildman–Crippen LogP) is 0.624. The molecule has 0 aliphatic carbocycles. The maximum absolute atomic E-state index is 12.5. The molecule has 0 bridgehead atoms. The molecule has 2 aromatic heterocycles. The number of para-hydroxylation sites is 1. The Bertz CT molecular complexity index is 1200. The van der Waals surface area contributed by atoms with Gasteiger partial charge in [-0.05, 0) is 12.1 Å². The van der Waals surface area contributed by atoms with Crippen LogP contribution in [0.1, 0.15) is 5.56 Å². The largest absolute Gasteiger partial charge is 1.00 e. The third-order valence-electron chi connectivity index (χ3n) is 3.93. The van der Waals surface area contributed by atoms with E-state index in [4.69, 9.17) is 16.0 Å². The molecule has 0 saturated carbocycles. The summed E-state index contributed by atoms with van der Waals surface area (Å²) >= 11 is 7.88. The zero-order valence-electron chi connectivity index (χ0n) is 13.7. The minimum Gasteiger partial charge on any atom is -0.550 e. The van der Waals surface area contributed by atoms with Crippen LogP contribution < -0.4 is 40.1 Å². The molecule has 124 valence electrons. The first-order valence-corrected chi connectivity index (χ1v) is 8.67. The Labute approximate surface area is 179 Å². The van der Waals surface area contributed by atoms with Crippen LogP contribution in [-0.2, 0) is 11.2 Å². The molecule has 26 heavy (non-hydrogen) atoms. The first-order valence-electron chi connectivity index (χ1n) is 7.47. The van der Waals surface area contributed by atoms with E-state index in [2.05, 4.69) is 0 Å². The summed E-state index contributed by atoms with van der Waals surface area (Å²) in [6.45, 7) is 0. The fraction of sp³-hybridized carbons (Fsp3) is 0.0526. The van der Waals surface area contributed by atoms with E-state index >= 15 is 0 Å². The topological polar surface area (TPSA) is 70.3 Å². The molecule has 0 radical (unpaired) electrons. The van der Waals surface area contributed by atoms with Gasteiger partial charge in [0.1, 0.15) is 11.3 Å². The van der Waals surface area contributed by atoms with Crippen LogP contribution in [0, 0.1) is 0 Å². The minimum atomic E-state index is -1.24. The van der Waals surface area contributed by atoms with E-state index in [1.807, 2.05) is 24.3 Å². The van der Waals surface area contributed by atoms with Crippen LogP contribution in [0.2, 0.25) is 5.02 Å². The first kappa shape index (κ1) is 19.1. The third kappa shape index (κ3) is 3.33. The number of thiophene rings is 1. The number of aliphatic carboxylic acids is 1. The van der Waals surface area contributed by atoms with Crippen molar-refractivity contribution in [3.63, 3.8) is 0 Å². The van der Waals surface area contributed by atoms with Gasteiger partial charge in [0.25, 0.3) is 0 Å². The van der Waals surface area contributed by atoms with Crippen LogP contribution >= 0.6 is 22.9 Å². The third-order valence-corrected chi connectivity index (χ3v) is 5.62. The Morgan fingerprint density at radius 1 is 1.12 bits per heavy atom. The summed E-state index contributed by atoms with van der Waals surface area (Å²) in [5.74, 6) is -0.907. The molecule has 0 fully saturated rings. The number of halogens is 1. The molecule has 0 saturated heterocycles. The van der Waals surface area contributed by atoms with Gasteiger partial charge in [-0.25, -0.2) is 0 Å². The number of benzene rings is 2. The van der Waals surface area contributed by atoms with Gasteiger partial charge in [0, 0.05) is 34.1 Å². The Hall–Kier alpha value is -1.63. The summed E-state index contributed by atoms with van der Waals surface area (Å²) in [6, 6.07) is 13.9. The van der Waals surface area contributed by atoms with Crippen molar-refractivity contribution in [2.45, 2.75) is 6.42 Å². The summed E-state index contributed by atoms with van der Waals surface area (Å²) in [4.78, 5) is 24.1. The van der Waals surface area contributed by atoms with Gasteiger partial charge >= 0.3 is 29.6 Å². The number of carbonyl (C=O) groups excluding carboxylic acids is 1. The molecule has 4 rings (SSSR count). The van der Waals surface area contributed by atoms with Crippen molar-refractivity contribution in [3.05, 3.63) is 69.3 Å². The number of carbonyl (C=O) groups is 1. The Balaban J connectivity index is 0.00000196. The molecule has 7 heteroatoms. The molecule has 0 amide bonds. The number of rotatable bonds is 3. The molecule has 0 spiro atoms. The van der Waals surface area contributed by atoms with Crippen molar-refractivity contribution < 1.29 is 43.9 Å². The van der Waals surface area contributed by atoms with Crippen molar-refractivity contribution in [1.82, 2.24) is 0 Å². The van der Waals surface area contributed by atoms with Crippen molar-refractivity contribution >= 4 is 50.0 Å². The minimum absolute atomic E-state index is 0. The van der Waals surface area contributed by atoms with Gasteiger partial charge in [-0.3, -0.25) is 4.79 Å². The van der Waals surface area contributed by atoms with E-state index in [1.54, 1.807) is 18.2 Å². The second-order valence-electron chi connectivity index (χ2n) is 5.56. The molecular weight excluding hydrogens is 383 g/mol. The standard InChI is InChI=1S/C19H11ClO4S.Na/c20-17-12-5-1-2-7-15(12)25-19(17)14-9-13(21)11-6-3-4-10(8-16(22)23)18(11)24-14;/h1-7,9H,8H2,(H,22,23);/q;+1/p-1. The number of carboxylic acids is 1. The maximum atomic E-state index is 12.5. The van der Waals surface area contributed by atoms with E-state index in [1.165, 1.54) is 17.4 Å². The van der Waals surface area contributed by atoms with E-state index < -0.39 is 5.97 Å². The monoisotopic (exact) mass is 392 g/mol. The average molecular weight is 393 g/mol. The van der Waals surface area contributed by atoms with Crippen LogP contribution in [0.3, 0.4) is 0 Å². The maximum Gasteiger partial charge on any atom is 1.00 e. The summed E-state index contributed by atoms with van der Waals surface area (Å²) in [6.07, 6.45) is -0.329. The number of fused-ring (bicyclic) bond motifs is 2. The van der Waals surface area contributed by atoms with Crippen LogP contribution in [0.25, 0.3) is 31.7 Å². The molecule has 4 nitrogen and oxygen atoms in total. The summed E-state index contributed by atoms with van der Waals surface area (Å²) in [7, 11) is 0. The normalized spacial score (nSPS) is 10.8. The van der Waals surface area contributed by atoms with Crippen molar-refractivity contribution in [3.8, 4) is 10.6 Å². The van der Waals surface area contributed by atoms with Crippen LogP contribution in [0.15, 0.2) is 57.7 Å². The summed E-state index contributed by atoms with van der Waals surface area (Å²) in [5, 5.41) is 12.7. The van der Waals surface area contributed by atoms with Crippen molar-refractivity contribution in [2.24, 2.45) is 0 Å². The first-order chi connectivity index (χ1) is 12.0. The van der Waals surface area contributed by atoms with Gasteiger partial charge in [-0.1, -0.05) is 41.9 Å². The molecule has 0 unspecified atom stereocenters. The van der Waals surface area contributed by atoms with Crippen LogP contribution in [0.5, 0.6) is 0 Å². The molecule has 2 aromatic carbocycles. The molecule has 2 heterocycles. The second kappa shape index (κ2) is 7.55. The SMILES string of the molecule is O=C([O-])Cc1cccc2c(=O)cc(-c3sc4ccccc4c3Cl)oc12.[Na+]. The Morgan fingerprint density at radius 2 is 1.85 bits per heavy atom. The van der Waals surface area contributed by atoms with E-state index in [9.17, 15) is 14.7 Å². The fourth-order valence-electron chi connectivity index (χ4n) is 2.81. The summed E-state index contributed by atoms with van der Waals surface area (Å²) < 4.78 is 6.89. The molecule has 0 aliphatic heterocycles. The van der Waals surface area contributed by atoms with Crippen molar-refractivity contribution in [1.29, 1.82) is 0 Å². The van der Waals surface area contributed by atoms with Gasteiger partial charge < -0.3 is 14.3 Å². The quantitative estimate of drug-likeness (QED) is 0.479. The number of hydrogen-bond acceptors (Lipinski definition) is 5. The van der Waals surface area contributed by atoms with Gasteiger partial charge in [0.15, 0.2) is 5.43 Å². The van der Waals surface area contributed by atoms with E-state index in [-0.39, 0.29) is 47.0 Å². The fourth-order valence-corrected chi connectivity index (χ4v) is 4.29. The average Bonchev–Trinajstić information content (AvgIpc) is 2.92. The molecule has 4 aromatic rings. The van der Waals surface area contributed by atoms with Crippen molar-refractivity contribution in [2.75, 3.05) is 0 Å². The smallest absolute Gasteiger partial charge is 0.550 e. The Kier molecular flexibility index (Phi) is 5.55. The molecular formula is C19H10ClNaO4S. The zero-order chi connectivity index (χ0) is 17.6. The number of hydrogen-bond donors (Lipinski definition) is 0. The van der Waals surface area contributed by atoms with E-state index in [0.29, 0.717) is 26.6 Å². The molecule has 0 aliphatic rings. The van der Waals surface area contributed by atoms with Gasteiger partial charge in [0.2, 0.25) is 0 Å². The Morgan fingerprint density at radius 3 is 2.58 bits per heavy atom. The predicted molar refractivity (Wildman–Crippen MR) is 97.0 cm³/mol. The van der Waals surface area contributed by atoms with Crippen LogP contribution in [0.4, 0.5) is 0 Å². The van der Waals surface area contributed by atoms with Gasteiger partial charge in [-0.15, -0.1) is 11.3 Å². The molecule has 0 atom stereocenters.